The fourth-order valence-electron chi connectivity index (χ4n) is 0.908. The van der Waals surface area contributed by atoms with Crippen LogP contribution in [0.15, 0.2) is 29.4 Å². The van der Waals surface area contributed by atoms with Gasteiger partial charge in [-0.25, -0.2) is 9.18 Å². The van der Waals surface area contributed by atoms with Crippen molar-refractivity contribution in [3.8, 4) is 0 Å². The molecule has 0 unspecified atom stereocenters. The summed E-state index contributed by atoms with van der Waals surface area (Å²) in [5.74, 6) is -1.14. The van der Waals surface area contributed by atoms with E-state index in [1.807, 2.05) is 0 Å². The molecule has 1 rings (SSSR count). The maximum absolute atomic E-state index is 12.8. The molecule has 0 aliphatic carbocycles. The Hall–Kier alpha value is -1.62. The van der Waals surface area contributed by atoms with Gasteiger partial charge in [0.05, 0.1) is 12.3 Å². The van der Waals surface area contributed by atoms with Gasteiger partial charge in [-0.05, 0) is 25.1 Å². The number of hydrogen-bond acceptors (Lipinski definition) is 4. The number of carbonyl (C=O) groups is 1. The van der Waals surface area contributed by atoms with E-state index in [4.69, 9.17) is 11.6 Å². The van der Waals surface area contributed by atoms with Gasteiger partial charge in [-0.2, -0.15) is 5.10 Å². The molecule has 0 saturated heterocycles. The molecule has 0 fully saturated rings. The van der Waals surface area contributed by atoms with E-state index < -0.39 is 11.8 Å². The van der Waals surface area contributed by atoms with Gasteiger partial charge in [-0.3, -0.25) is 5.43 Å². The lowest BCUT2D eigenvalue weighted by Gasteiger charge is -2.01. The third-order valence-corrected chi connectivity index (χ3v) is 1.79. The lowest BCUT2D eigenvalue weighted by molar-refractivity contribution is -0.134. The number of esters is 1. The minimum atomic E-state index is -0.729. The van der Waals surface area contributed by atoms with Gasteiger partial charge in [0.25, 0.3) is 0 Å². The maximum atomic E-state index is 12.8. The zero-order valence-electron chi connectivity index (χ0n) is 8.54. The molecular formula is C10H10ClFN2O2. The molecule has 0 heterocycles. The minimum absolute atomic E-state index is 0.213. The smallest absolute Gasteiger partial charge is 0.370 e. The van der Waals surface area contributed by atoms with Crippen LogP contribution in [0, 0.1) is 5.82 Å². The van der Waals surface area contributed by atoms with E-state index in [9.17, 15) is 9.18 Å². The summed E-state index contributed by atoms with van der Waals surface area (Å²) in [5.41, 5.74) is 2.83. The molecular weight excluding hydrogens is 235 g/mol. The summed E-state index contributed by atoms with van der Waals surface area (Å²) in [5, 5.41) is 3.20. The first-order valence-electron chi connectivity index (χ1n) is 4.55. The number of benzene rings is 1. The fraction of sp³-hybridized carbons (Fsp3) is 0.200. The lowest BCUT2D eigenvalue weighted by atomic mass is 10.3. The van der Waals surface area contributed by atoms with Gasteiger partial charge in [0.15, 0.2) is 0 Å². The standard InChI is InChI=1S/C10H10ClFN2O2/c1-2-16-10(15)9(11)14-13-8-5-3-4-7(12)6-8/h3-6,13H,2H2,1H3. The Balaban J connectivity index is 2.62. The topological polar surface area (TPSA) is 50.7 Å². The summed E-state index contributed by atoms with van der Waals surface area (Å²) in [4.78, 5) is 11.0. The Morgan fingerprint density at radius 2 is 2.38 bits per heavy atom. The number of ether oxygens (including phenoxy) is 1. The summed E-state index contributed by atoms with van der Waals surface area (Å²) in [6.45, 7) is 1.87. The highest BCUT2D eigenvalue weighted by atomic mass is 35.5. The van der Waals surface area contributed by atoms with Crippen molar-refractivity contribution in [2.45, 2.75) is 6.92 Å². The van der Waals surface area contributed by atoms with E-state index in [2.05, 4.69) is 15.3 Å². The Kier molecular flexibility index (Phi) is 4.72. The highest BCUT2D eigenvalue weighted by molar-refractivity contribution is 6.82. The third-order valence-electron chi connectivity index (χ3n) is 1.55. The van der Waals surface area contributed by atoms with Gasteiger partial charge < -0.3 is 4.74 Å². The minimum Gasteiger partial charge on any atom is -0.461 e. The van der Waals surface area contributed by atoms with Crippen LogP contribution < -0.4 is 5.43 Å². The molecule has 0 aliphatic heterocycles. The highest BCUT2D eigenvalue weighted by Gasteiger charge is 2.08. The van der Waals surface area contributed by atoms with Crippen molar-refractivity contribution in [2.24, 2.45) is 5.10 Å². The number of hydrogen-bond donors (Lipinski definition) is 1. The Bertz CT molecular complexity index is 410. The van der Waals surface area contributed by atoms with Gasteiger partial charge in [0.2, 0.25) is 5.17 Å². The second kappa shape index (κ2) is 6.07. The number of hydrazone groups is 1. The second-order valence-corrected chi connectivity index (χ2v) is 3.10. The van der Waals surface area contributed by atoms with Crippen LogP contribution in [-0.2, 0) is 9.53 Å². The Morgan fingerprint density at radius 1 is 1.62 bits per heavy atom. The van der Waals surface area contributed by atoms with Crippen molar-refractivity contribution in [3.63, 3.8) is 0 Å². The number of nitrogens with zero attached hydrogens (tertiary/aromatic N) is 1. The quantitative estimate of drug-likeness (QED) is 0.503. The van der Waals surface area contributed by atoms with Crippen LogP contribution in [0.1, 0.15) is 6.92 Å². The molecule has 0 saturated carbocycles. The van der Waals surface area contributed by atoms with Crippen molar-refractivity contribution >= 4 is 28.4 Å². The molecule has 0 aliphatic rings. The van der Waals surface area contributed by atoms with Crippen molar-refractivity contribution < 1.29 is 13.9 Å². The first kappa shape index (κ1) is 12.4. The van der Waals surface area contributed by atoms with E-state index in [-0.39, 0.29) is 11.8 Å². The fourth-order valence-corrected chi connectivity index (χ4v) is 1.00. The summed E-state index contributed by atoms with van der Waals surface area (Å²) in [6, 6.07) is 5.61. The van der Waals surface area contributed by atoms with E-state index in [1.54, 1.807) is 13.0 Å². The molecule has 4 nitrogen and oxygen atoms in total. The number of halogens is 2. The van der Waals surface area contributed by atoms with Crippen LogP contribution >= 0.6 is 11.6 Å². The first-order chi connectivity index (χ1) is 7.63. The van der Waals surface area contributed by atoms with Crippen molar-refractivity contribution in [2.75, 3.05) is 12.0 Å². The number of nitrogens with one attached hydrogen (secondary N) is 1. The third kappa shape index (κ3) is 3.86. The van der Waals surface area contributed by atoms with E-state index in [0.717, 1.165) is 0 Å². The van der Waals surface area contributed by atoms with Crippen LogP contribution in [0.4, 0.5) is 10.1 Å². The van der Waals surface area contributed by atoms with Crippen molar-refractivity contribution in [1.82, 2.24) is 0 Å². The van der Waals surface area contributed by atoms with Gasteiger partial charge in [-0.15, -0.1) is 0 Å². The maximum Gasteiger partial charge on any atom is 0.370 e. The van der Waals surface area contributed by atoms with Crippen LogP contribution in [0.3, 0.4) is 0 Å². The second-order valence-electron chi connectivity index (χ2n) is 2.75. The molecule has 0 aromatic heterocycles. The predicted molar refractivity (Wildman–Crippen MR) is 59.9 cm³/mol. The summed E-state index contributed by atoms with van der Waals surface area (Å²) >= 11 is 5.52. The molecule has 1 aromatic carbocycles. The SMILES string of the molecule is CCOC(=O)C(Cl)=NNc1cccc(F)c1. The molecule has 0 bridgehead atoms. The first-order valence-corrected chi connectivity index (χ1v) is 4.93. The lowest BCUT2D eigenvalue weighted by Crippen LogP contribution is -2.13. The zero-order chi connectivity index (χ0) is 12.0. The average molecular weight is 245 g/mol. The van der Waals surface area contributed by atoms with Crippen molar-refractivity contribution in [3.05, 3.63) is 30.1 Å². The molecule has 1 aromatic rings. The summed E-state index contributed by atoms with van der Waals surface area (Å²) in [6.07, 6.45) is 0. The Labute approximate surface area is 97.1 Å². The van der Waals surface area contributed by atoms with Crippen molar-refractivity contribution in [1.29, 1.82) is 0 Å². The summed E-state index contributed by atoms with van der Waals surface area (Å²) < 4.78 is 17.4. The number of anilines is 1. The van der Waals surface area contributed by atoms with E-state index in [1.165, 1.54) is 18.2 Å². The van der Waals surface area contributed by atoms with Crippen LogP contribution in [0.2, 0.25) is 0 Å². The molecule has 1 N–H and O–H groups in total. The number of carbonyl (C=O) groups excluding carboxylic acids is 1. The molecule has 16 heavy (non-hydrogen) atoms. The Morgan fingerprint density at radius 3 is 3.00 bits per heavy atom. The van der Waals surface area contributed by atoms with Crippen LogP contribution in [0.5, 0.6) is 0 Å². The largest absolute Gasteiger partial charge is 0.461 e. The average Bonchev–Trinajstić information content (AvgIpc) is 2.26. The van der Waals surface area contributed by atoms with E-state index >= 15 is 0 Å². The van der Waals surface area contributed by atoms with Gasteiger partial charge in [0.1, 0.15) is 5.82 Å². The van der Waals surface area contributed by atoms with E-state index in [0.29, 0.717) is 5.69 Å². The normalized spacial score (nSPS) is 11.1. The predicted octanol–water partition coefficient (Wildman–Crippen LogP) is 2.35. The van der Waals surface area contributed by atoms with Crippen LogP contribution in [-0.4, -0.2) is 17.7 Å². The van der Waals surface area contributed by atoms with Gasteiger partial charge in [-0.1, -0.05) is 17.7 Å². The molecule has 6 heteroatoms. The molecule has 0 atom stereocenters. The molecule has 0 radical (unpaired) electrons. The molecule has 86 valence electrons. The van der Waals surface area contributed by atoms with Gasteiger partial charge >= 0.3 is 5.97 Å². The van der Waals surface area contributed by atoms with Crippen LogP contribution in [0.25, 0.3) is 0 Å². The molecule has 0 amide bonds. The zero-order valence-corrected chi connectivity index (χ0v) is 9.29. The monoisotopic (exact) mass is 244 g/mol. The summed E-state index contributed by atoms with van der Waals surface area (Å²) in [7, 11) is 0. The highest BCUT2D eigenvalue weighted by Crippen LogP contribution is 2.09. The number of rotatable bonds is 4. The van der Waals surface area contributed by atoms with Gasteiger partial charge in [0, 0.05) is 0 Å². The molecule has 0 spiro atoms.